The molecule has 0 fully saturated rings. The summed E-state index contributed by atoms with van der Waals surface area (Å²) in [5, 5.41) is 10.7. The first-order valence-corrected chi connectivity index (χ1v) is 8.41. The molecule has 0 unspecified atom stereocenters. The molecule has 0 bridgehead atoms. The van der Waals surface area contributed by atoms with Crippen molar-refractivity contribution in [3.05, 3.63) is 53.6 Å². The van der Waals surface area contributed by atoms with Crippen molar-refractivity contribution in [1.29, 1.82) is 0 Å². The highest BCUT2D eigenvalue weighted by molar-refractivity contribution is 5.79. The number of aliphatic imine (C=N–C) groups is 1. The summed E-state index contributed by atoms with van der Waals surface area (Å²) in [5.41, 5.74) is 2.21. The molecule has 0 saturated carbocycles. The highest BCUT2D eigenvalue weighted by atomic mass is 19.1. The van der Waals surface area contributed by atoms with Crippen LogP contribution >= 0.6 is 0 Å². The van der Waals surface area contributed by atoms with Gasteiger partial charge in [0.1, 0.15) is 5.82 Å². The summed E-state index contributed by atoms with van der Waals surface area (Å²) in [6, 6.07) is 6.70. The van der Waals surface area contributed by atoms with Gasteiger partial charge in [-0.3, -0.25) is 9.67 Å². The second-order valence-electron chi connectivity index (χ2n) is 5.69. The van der Waals surface area contributed by atoms with Crippen LogP contribution < -0.4 is 10.6 Å². The van der Waals surface area contributed by atoms with Crippen LogP contribution in [0.4, 0.5) is 4.39 Å². The van der Waals surface area contributed by atoms with Crippen LogP contribution in [0.3, 0.4) is 0 Å². The van der Waals surface area contributed by atoms with E-state index in [1.54, 1.807) is 12.1 Å². The first kappa shape index (κ1) is 18.0. The number of benzene rings is 1. The molecular weight excluding hydrogens is 305 g/mol. The predicted molar refractivity (Wildman–Crippen MR) is 95.6 cm³/mol. The van der Waals surface area contributed by atoms with E-state index in [1.807, 2.05) is 37.1 Å². The predicted octanol–water partition coefficient (Wildman–Crippen LogP) is 2.29. The van der Waals surface area contributed by atoms with Crippen molar-refractivity contribution in [3.63, 3.8) is 0 Å². The fourth-order valence-electron chi connectivity index (χ4n) is 2.43. The van der Waals surface area contributed by atoms with Crippen LogP contribution in [-0.4, -0.2) is 35.4 Å². The highest BCUT2D eigenvalue weighted by Crippen LogP contribution is 2.03. The molecule has 0 radical (unpaired) electrons. The van der Waals surface area contributed by atoms with Gasteiger partial charge in [-0.15, -0.1) is 0 Å². The maximum Gasteiger partial charge on any atom is 0.191 e. The Morgan fingerprint density at radius 1 is 1.25 bits per heavy atom. The summed E-state index contributed by atoms with van der Waals surface area (Å²) in [7, 11) is 1.92. The maximum atomic E-state index is 13.2. The second-order valence-corrected chi connectivity index (χ2v) is 5.69. The molecule has 1 heterocycles. The smallest absolute Gasteiger partial charge is 0.191 e. The van der Waals surface area contributed by atoms with Gasteiger partial charge in [0.15, 0.2) is 5.96 Å². The zero-order valence-electron chi connectivity index (χ0n) is 14.4. The van der Waals surface area contributed by atoms with Crippen LogP contribution in [0.5, 0.6) is 0 Å². The number of hydrogen-bond donors (Lipinski definition) is 2. The number of rotatable bonds is 8. The number of aromatic nitrogens is 2. The Labute approximate surface area is 143 Å². The molecule has 6 heteroatoms. The Kier molecular flexibility index (Phi) is 7.26. The van der Waals surface area contributed by atoms with Crippen molar-refractivity contribution in [2.45, 2.75) is 26.2 Å². The number of guanidine groups is 1. The first-order valence-electron chi connectivity index (χ1n) is 8.41. The third-order valence-electron chi connectivity index (χ3n) is 3.59. The quantitative estimate of drug-likeness (QED) is 0.443. The maximum absolute atomic E-state index is 13.2. The van der Waals surface area contributed by atoms with E-state index in [0.717, 1.165) is 50.4 Å². The lowest BCUT2D eigenvalue weighted by Gasteiger charge is -2.11. The van der Waals surface area contributed by atoms with Gasteiger partial charge >= 0.3 is 0 Å². The summed E-state index contributed by atoms with van der Waals surface area (Å²) in [6.45, 7) is 4.33. The van der Waals surface area contributed by atoms with Gasteiger partial charge in [0.25, 0.3) is 0 Å². The molecule has 0 aliphatic rings. The Morgan fingerprint density at radius 2 is 2.12 bits per heavy atom. The average Bonchev–Trinajstić information content (AvgIpc) is 2.97. The van der Waals surface area contributed by atoms with E-state index in [2.05, 4.69) is 20.7 Å². The monoisotopic (exact) mass is 331 g/mol. The highest BCUT2D eigenvalue weighted by Gasteiger charge is 2.00. The third-order valence-corrected chi connectivity index (χ3v) is 3.59. The Bertz CT molecular complexity index is 650. The van der Waals surface area contributed by atoms with E-state index in [4.69, 9.17) is 0 Å². The van der Waals surface area contributed by atoms with Crippen LogP contribution in [0.2, 0.25) is 0 Å². The van der Waals surface area contributed by atoms with E-state index in [-0.39, 0.29) is 5.82 Å². The third kappa shape index (κ3) is 6.40. The molecule has 0 atom stereocenters. The van der Waals surface area contributed by atoms with E-state index in [9.17, 15) is 4.39 Å². The fourth-order valence-corrected chi connectivity index (χ4v) is 2.43. The standard InChI is InChI=1S/C18H26FN5/c1-3-20-18(21-10-5-7-16-13-23-24(2)14-16)22-11-9-15-6-4-8-17(19)12-15/h4,6,8,12-14H,3,5,7,9-11H2,1-2H3,(H2,20,21,22). The number of hydrogen-bond acceptors (Lipinski definition) is 2. The van der Waals surface area contributed by atoms with Crippen LogP contribution in [0.15, 0.2) is 41.7 Å². The van der Waals surface area contributed by atoms with Gasteiger partial charge < -0.3 is 10.6 Å². The zero-order valence-corrected chi connectivity index (χ0v) is 14.4. The Balaban J connectivity index is 1.73. The Morgan fingerprint density at radius 3 is 2.83 bits per heavy atom. The van der Waals surface area contributed by atoms with Crippen molar-refractivity contribution in [1.82, 2.24) is 20.4 Å². The number of nitrogens with zero attached hydrogens (tertiary/aromatic N) is 3. The van der Waals surface area contributed by atoms with Crippen molar-refractivity contribution >= 4 is 5.96 Å². The molecule has 24 heavy (non-hydrogen) atoms. The lowest BCUT2D eigenvalue weighted by atomic mass is 10.1. The minimum Gasteiger partial charge on any atom is -0.357 e. The summed E-state index contributed by atoms with van der Waals surface area (Å²) in [5.74, 6) is 0.614. The molecule has 130 valence electrons. The van der Waals surface area contributed by atoms with Gasteiger partial charge in [-0.25, -0.2) is 4.39 Å². The molecule has 2 N–H and O–H groups in total. The molecule has 2 rings (SSSR count). The largest absolute Gasteiger partial charge is 0.357 e. The van der Waals surface area contributed by atoms with E-state index in [0.29, 0.717) is 0 Å². The molecule has 0 aliphatic carbocycles. The van der Waals surface area contributed by atoms with Crippen LogP contribution in [0, 0.1) is 5.82 Å². The van der Waals surface area contributed by atoms with Crippen molar-refractivity contribution in [2.24, 2.45) is 12.0 Å². The number of aryl methyl sites for hydroxylation is 2. The zero-order chi connectivity index (χ0) is 17.2. The van der Waals surface area contributed by atoms with Crippen molar-refractivity contribution < 1.29 is 4.39 Å². The first-order chi connectivity index (χ1) is 11.7. The summed E-state index contributed by atoms with van der Waals surface area (Å²) in [4.78, 5) is 4.58. The molecule has 1 aromatic heterocycles. The Hall–Kier alpha value is -2.37. The molecule has 0 saturated heterocycles. The van der Waals surface area contributed by atoms with Gasteiger partial charge in [0.05, 0.1) is 6.20 Å². The van der Waals surface area contributed by atoms with Crippen LogP contribution in [0.25, 0.3) is 0 Å². The molecule has 5 nitrogen and oxygen atoms in total. The second kappa shape index (κ2) is 9.70. The topological polar surface area (TPSA) is 54.2 Å². The van der Waals surface area contributed by atoms with Gasteiger partial charge in [0, 0.05) is 32.9 Å². The molecular formula is C18H26FN5. The SMILES string of the molecule is CCNC(=NCCCc1cnn(C)c1)NCCc1cccc(F)c1. The van der Waals surface area contributed by atoms with Crippen molar-refractivity contribution in [2.75, 3.05) is 19.6 Å². The normalized spacial score (nSPS) is 11.5. The van der Waals surface area contributed by atoms with Gasteiger partial charge in [-0.1, -0.05) is 12.1 Å². The molecule has 0 amide bonds. The van der Waals surface area contributed by atoms with Gasteiger partial charge in [-0.05, 0) is 49.4 Å². The van der Waals surface area contributed by atoms with E-state index >= 15 is 0 Å². The van der Waals surface area contributed by atoms with Gasteiger partial charge in [0.2, 0.25) is 0 Å². The molecule has 1 aromatic carbocycles. The molecule has 0 aliphatic heterocycles. The van der Waals surface area contributed by atoms with E-state index in [1.165, 1.54) is 11.6 Å². The van der Waals surface area contributed by atoms with Crippen LogP contribution in [0.1, 0.15) is 24.5 Å². The molecule has 2 aromatic rings. The fraction of sp³-hybridized carbons (Fsp3) is 0.444. The van der Waals surface area contributed by atoms with E-state index < -0.39 is 0 Å². The average molecular weight is 331 g/mol. The minimum atomic E-state index is -0.191. The lowest BCUT2D eigenvalue weighted by molar-refractivity contribution is 0.625. The van der Waals surface area contributed by atoms with Crippen molar-refractivity contribution in [3.8, 4) is 0 Å². The summed E-state index contributed by atoms with van der Waals surface area (Å²) in [6.07, 6.45) is 6.64. The minimum absolute atomic E-state index is 0.191. The number of halogens is 1. The lowest BCUT2D eigenvalue weighted by Crippen LogP contribution is -2.38. The summed E-state index contributed by atoms with van der Waals surface area (Å²) < 4.78 is 15.0. The van der Waals surface area contributed by atoms with Crippen LogP contribution in [-0.2, 0) is 19.9 Å². The van der Waals surface area contributed by atoms with Gasteiger partial charge in [-0.2, -0.15) is 5.10 Å². The summed E-state index contributed by atoms with van der Waals surface area (Å²) >= 11 is 0. The molecule has 0 spiro atoms. The number of nitrogens with one attached hydrogen (secondary N) is 2.